The van der Waals surface area contributed by atoms with Crippen LogP contribution in [0.2, 0.25) is 0 Å². The Morgan fingerprint density at radius 1 is 0.211 bits per heavy atom. The van der Waals surface area contributed by atoms with Gasteiger partial charge in [-0.25, -0.2) is 0 Å². The van der Waals surface area contributed by atoms with Crippen LogP contribution in [0.3, 0.4) is 0 Å². The number of benzene rings is 3. The molecule has 0 N–H and O–H groups in total. The van der Waals surface area contributed by atoms with Crippen LogP contribution in [-0.2, 0) is 215 Å². The lowest BCUT2D eigenvalue weighted by atomic mass is 9.95. The highest BCUT2D eigenvalue weighted by molar-refractivity contribution is 5.72. The third-order valence-electron chi connectivity index (χ3n) is 19.7. The zero-order valence-electron chi connectivity index (χ0n) is 73.6. The minimum absolute atomic E-state index is 0.0160. The van der Waals surface area contributed by atoms with Crippen LogP contribution in [0.25, 0.3) is 0 Å². The van der Waals surface area contributed by atoms with Crippen molar-refractivity contribution in [2.75, 3.05) is 46.2 Å². The van der Waals surface area contributed by atoms with Crippen molar-refractivity contribution in [1.82, 2.24) is 0 Å². The number of unbranched alkanes of at least 4 members (excludes halogenated alkanes) is 5. The Hall–Kier alpha value is -10.3. The van der Waals surface area contributed by atoms with Gasteiger partial charge in [0.2, 0.25) is 0 Å². The molecule has 0 aromatic heterocycles. The number of hydrogen-bond acceptors (Lipinski definition) is 41. The topological polar surface area (TPSA) is 488 Å². The average Bonchev–Trinajstić information content (AvgIpc) is 0.737. The van der Waals surface area contributed by atoms with Gasteiger partial charge in [-0.15, -0.1) is 0 Å². The van der Waals surface area contributed by atoms with Gasteiger partial charge < -0.3 is 128 Å². The van der Waals surface area contributed by atoms with Crippen LogP contribution >= 0.6 is 0 Å². The molecule has 3 aromatic rings. The van der Waals surface area contributed by atoms with Crippen LogP contribution in [0.4, 0.5) is 0 Å². The molecule has 128 heavy (non-hydrogen) atoms. The minimum atomic E-state index is -2.10. The first kappa shape index (κ1) is 103. The molecule has 0 radical (unpaired) electrons. The van der Waals surface area contributed by atoms with Crippen molar-refractivity contribution in [3.8, 4) is 0 Å². The van der Waals surface area contributed by atoms with E-state index in [2.05, 4.69) is 0 Å². The fourth-order valence-corrected chi connectivity index (χ4v) is 14.8. The number of carbonyl (C=O) groups is 14. The SMILES string of the molecule is CC(=O)OCCCCCCCCO[C@H]1O[C@H](CO[C@@H]2O[C@H](CO[C@@H]3O[C@H](CO[C@@H]4O[C@H](COC(C)=O)[C@@H](O[C@@H]5O[C@H](COC(C)=O)[C@H](OC(C)=O)[C@H](OC(C)=O)[C@H]5OC(C)=O)[C@H](OC(C)=O)[C@H]4OC(C)=O)[C@@H](OC(C)=O)[C@H](OC(C)=O)[C@H]3OC(C)=O)[C@@H](OC(C)=O)[C@H](OC(C)=O)[C@H]2OC(C)=O)[C@@H](OCc2ccccc2)[C@H](OCc2ccccc2)[C@H]1OCc1ccccc1. The van der Waals surface area contributed by atoms with Gasteiger partial charge in [0.1, 0.15) is 68.1 Å². The summed E-state index contributed by atoms with van der Waals surface area (Å²) in [5.41, 5.74) is 2.30. The monoisotopic (exact) mass is 1810 g/mol. The molecule has 0 aliphatic carbocycles. The van der Waals surface area contributed by atoms with Crippen LogP contribution in [0.15, 0.2) is 91.0 Å². The molecule has 0 unspecified atom stereocenters. The zero-order chi connectivity index (χ0) is 93.3. The van der Waals surface area contributed by atoms with Crippen molar-refractivity contribution < 1.29 is 195 Å². The lowest BCUT2D eigenvalue weighted by Crippen LogP contribution is -2.67. The number of hydrogen-bond donors (Lipinski definition) is 0. The summed E-state index contributed by atoms with van der Waals surface area (Å²) in [6.45, 7) is 10.4. The Morgan fingerprint density at radius 3 is 0.781 bits per heavy atom. The van der Waals surface area contributed by atoms with Gasteiger partial charge in [-0.1, -0.05) is 117 Å². The maximum Gasteiger partial charge on any atom is 0.303 e. The van der Waals surface area contributed by atoms with Gasteiger partial charge in [-0.05, 0) is 29.5 Å². The number of esters is 14. The molecule has 0 amide bonds. The zero-order valence-corrected chi connectivity index (χ0v) is 73.6. The molecule has 5 heterocycles. The fourth-order valence-electron chi connectivity index (χ4n) is 14.8. The third-order valence-corrected chi connectivity index (χ3v) is 19.7. The van der Waals surface area contributed by atoms with Crippen LogP contribution < -0.4 is 0 Å². The first-order valence-electron chi connectivity index (χ1n) is 41.7. The predicted molar refractivity (Wildman–Crippen MR) is 426 cm³/mol. The molecule has 8 rings (SSSR count). The molecule has 708 valence electrons. The molecule has 5 saturated heterocycles. The molecule has 0 spiro atoms. The van der Waals surface area contributed by atoms with E-state index >= 15 is 0 Å². The maximum absolute atomic E-state index is 13.5. The summed E-state index contributed by atoms with van der Waals surface area (Å²) in [6.07, 6.45) is -39.4. The van der Waals surface area contributed by atoms with E-state index in [1.54, 1.807) is 0 Å². The molecule has 41 heteroatoms. The first-order valence-corrected chi connectivity index (χ1v) is 41.7. The molecule has 5 aliphatic heterocycles. The fraction of sp³-hybridized carbons (Fsp3) is 0.632. The Bertz CT molecular complexity index is 4110. The van der Waals surface area contributed by atoms with Gasteiger partial charge in [-0.3, -0.25) is 67.1 Å². The van der Waals surface area contributed by atoms with Crippen molar-refractivity contribution in [3.05, 3.63) is 108 Å². The maximum atomic E-state index is 13.5. The van der Waals surface area contributed by atoms with E-state index in [-0.39, 0.29) is 32.4 Å². The molecular formula is C87H114O41. The van der Waals surface area contributed by atoms with E-state index in [1.807, 2.05) is 91.0 Å². The molecule has 5 fully saturated rings. The number of carbonyl (C=O) groups excluding carboxylic acids is 14. The van der Waals surface area contributed by atoms with E-state index in [4.69, 9.17) is 128 Å². The molecule has 5 aliphatic rings. The first-order chi connectivity index (χ1) is 61.0. The van der Waals surface area contributed by atoms with Crippen LogP contribution in [0.1, 0.15) is 152 Å². The predicted octanol–water partition coefficient (Wildman–Crippen LogP) is 5.10. The lowest BCUT2D eigenvalue weighted by Gasteiger charge is -2.49. The van der Waals surface area contributed by atoms with Crippen molar-refractivity contribution in [2.45, 2.75) is 309 Å². The van der Waals surface area contributed by atoms with Crippen molar-refractivity contribution in [3.63, 3.8) is 0 Å². The average molecular weight is 1820 g/mol. The highest BCUT2D eigenvalue weighted by Gasteiger charge is 2.61. The smallest absolute Gasteiger partial charge is 0.303 e. The molecule has 3 aromatic carbocycles. The van der Waals surface area contributed by atoms with E-state index < -0.39 is 264 Å². The van der Waals surface area contributed by atoms with Crippen LogP contribution in [0.5, 0.6) is 0 Å². The van der Waals surface area contributed by atoms with Crippen LogP contribution in [-0.4, -0.2) is 283 Å². The molecule has 41 nitrogen and oxygen atoms in total. The summed E-state index contributed by atoms with van der Waals surface area (Å²) in [4.78, 5) is 183. The second-order valence-electron chi connectivity index (χ2n) is 30.4. The number of ether oxygens (including phenoxy) is 27. The van der Waals surface area contributed by atoms with Gasteiger partial charge in [0.15, 0.2) is 98.6 Å². The van der Waals surface area contributed by atoms with Gasteiger partial charge in [0.05, 0.1) is 46.2 Å². The van der Waals surface area contributed by atoms with Crippen molar-refractivity contribution in [2.24, 2.45) is 0 Å². The lowest BCUT2D eigenvalue weighted by molar-refractivity contribution is -0.367. The summed E-state index contributed by atoms with van der Waals surface area (Å²) < 4.78 is 166. The molecule has 0 bridgehead atoms. The van der Waals surface area contributed by atoms with Gasteiger partial charge >= 0.3 is 83.6 Å². The Labute approximate surface area is 738 Å². The Morgan fingerprint density at radius 2 is 0.453 bits per heavy atom. The highest BCUT2D eigenvalue weighted by atomic mass is 16.8. The third kappa shape index (κ3) is 33.0. The quantitative estimate of drug-likeness (QED) is 0.0403. The summed E-state index contributed by atoms with van der Waals surface area (Å²) >= 11 is 0. The summed E-state index contributed by atoms with van der Waals surface area (Å²) in [5, 5.41) is 0. The number of rotatable bonds is 45. The summed E-state index contributed by atoms with van der Waals surface area (Å²) in [5.74, 6) is -13.8. The van der Waals surface area contributed by atoms with Crippen molar-refractivity contribution >= 4 is 83.6 Å². The standard InChI is InChI=1S/C87H114O41/c1-46(88)102-36-28-17-15-16-18-29-37-103-83-78(108-40-62-34-26-21-27-35-62)73(107-39-61-32-24-20-25-33-61)68(106-38-60-30-22-19-23-31-60)63(123-83)43-109-84-79(119-56(11)98)74(115-52(7)94)70(113-50(5)92)66(125-84)44-110-85-80(120-57(12)99)75(116-53(8)95)71(114-51(6)93)67(126-85)45-111-86-81(121-58(13)100)77(118-55(10)97)72(65(124-86)42-105-48(3)90)128-87-82(122-59(14)101)76(117-54(9)96)69(112-49(4)91)64(127-87)41-104-47(2)89/h19-27,30-35,63-87H,15-18,28-29,36-45H2,1-14H3/t63-,64-,65-,66-,67-,68-,69+,70-,71-,72-,73+,74+,75+,76+,77+,78-,79-,80-,81-,82-,83+,84-,85-,86-,87+/m1/s1. The molecular weight excluding hydrogens is 1700 g/mol. The second kappa shape index (κ2) is 51.8. The summed E-state index contributed by atoms with van der Waals surface area (Å²) in [6, 6.07) is 27.8. The van der Waals surface area contributed by atoms with E-state index in [0.717, 1.165) is 132 Å². The Balaban J connectivity index is 1.17. The van der Waals surface area contributed by atoms with E-state index in [1.165, 1.54) is 6.92 Å². The van der Waals surface area contributed by atoms with Crippen molar-refractivity contribution in [1.29, 1.82) is 0 Å². The normalized spacial score (nSPS) is 29.0. The minimum Gasteiger partial charge on any atom is -0.466 e. The van der Waals surface area contributed by atoms with E-state index in [9.17, 15) is 67.1 Å². The molecule has 25 atom stereocenters. The Kier molecular flexibility index (Phi) is 41.7. The largest absolute Gasteiger partial charge is 0.466 e. The van der Waals surface area contributed by atoms with Gasteiger partial charge in [0.25, 0.3) is 0 Å². The van der Waals surface area contributed by atoms with Gasteiger partial charge in [0, 0.05) is 104 Å². The summed E-state index contributed by atoms with van der Waals surface area (Å²) in [7, 11) is 0. The van der Waals surface area contributed by atoms with E-state index in [0.29, 0.717) is 19.4 Å². The van der Waals surface area contributed by atoms with Gasteiger partial charge in [-0.2, -0.15) is 0 Å². The molecule has 0 saturated carbocycles. The highest BCUT2D eigenvalue weighted by Crippen LogP contribution is 2.40. The second-order valence-corrected chi connectivity index (χ2v) is 30.4. The van der Waals surface area contributed by atoms with Crippen LogP contribution in [0, 0.1) is 0 Å².